The number of rotatable bonds is 6. The van der Waals surface area contributed by atoms with Crippen LogP contribution in [0.2, 0.25) is 0 Å². The molecule has 0 amide bonds. The fourth-order valence-electron chi connectivity index (χ4n) is 2.72. The van der Waals surface area contributed by atoms with Crippen LogP contribution < -0.4 is 9.47 Å². The number of ether oxygens (including phenoxy) is 2. The number of carbonyl (C=O) groups is 3. The van der Waals surface area contributed by atoms with Gasteiger partial charge in [-0.05, 0) is 54.6 Å². The van der Waals surface area contributed by atoms with Gasteiger partial charge in [0.15, 0.2) is 5.78 Å². The molecule has 0 radical (unpaired) electrons. The summed E-state index contributed by atoms with van der Waals surface area (Å²) in [5.74, 6) is -1.16. The predicted octanol–water partition coefficient (Wildman–Crippen LogP) is 4.60. The Bertz CT molecular complexity index is 1200. The Kier molecular flexibility index (Phi) is 6.71. The van der Waals surface area contributed by atoms with E-state index in [0.717, 1.165) is 0 Å². The zero-order valence-electron chi connectivity index (χ0n) is 16.6. The van der Waals surface area contributed by atoms with Crippen LogP contribution in [0.4, 0.5) is 0 Å². The molecule has 0 N–H and O–H groups in total. The van der Waals surface area contributed by atoms with Crippen LogP contribution >= 0.6 is 0 Å². The Morgan fingerprint density at radius 1 is 0.839 bits per heavy atom. The highest BCUT2D eigenvalue weighted by atomic mass is 16.5. The Balaban J connectivity index is 1.80. The van der Waals surface area contributed by atoms with Crippen molar-refractivity contribution < 1.29 is 23.9 Å². The lowest BCUT2D eigenvalue weighted by Crippen LogP contribution is -2.13. The maximum atomic E-state index is 12.7. The summed E-state index contributed by atoms with van der Waals surface area (Å²) >= 11 is 0. The van der Waals surface area contributed by atoms with Gasteiger partial charge in [0, 0.05) is 18.1 Å². The topological polar surface area (TPSA) is 93.5 Å². The van der Waals surface area contributed by atoms with Crippen molar-refractivity contribution in [2.75, 3.05) is 0 Å². The minimum Gasteiger partial charge on any atom is -0.426 e. The monoisotopic (exact) mass is 411 g/mol. The second kappa shape index (κ2) is 9.81. The van der Waals surface area contributed by atoms with Gasteiger partial charge in [0.1, 0.15) is 17.1 Å². The molecule has 152 valence electrons. The summed E-state index contributed by atoms with van der Waals surface area (Å²) in [5, 5.41) is 8.85. The number of benzene rings is 3. The molecule has 31 heavy (non-hydrogen) atoms. The number of para-hydroxylation sites is 2. The van der Waals surface area contributed by atoms with Crippen molar-refractivity contribution in [1.29, 1.82) is 5.26 Å². The van der Waals surface area contributed by atoms with Gasteiger partial charge in [-0.25, -0.2) is 4.79 Å². The first-order valence-electron chi connectivity index (χ1n) is 9.29. The van der Waals surface area contributed by atoms with Crippen molar-refractivity contribution in [2.24, 2.45) is 0 Å². The molecule has 0 aliphatic carbocycles. The highest BCUT2D eigenvalue weighted by molar-refractivity contribution is 6.07. The summed E-state index contributed by atoms with van der Waals surface area (Å²) in [6.07, 6.45) is 2.90. The first-order valence-corrected chi connectivity index (χ1v) is 9.29. The molecule has 0 saturated carbocycles. The summed E-state index contributed by atoms with van der Waals surface area (Å²) in [5.41, 5.74) is 1.51. The molecular weight excluding hydrogens is 394 g/mol. The van der Waals surface area contributed by atoms with Crippen molar-refractivity contribution >= 4 is 23.8 Å². The van der Waals surface area contributed by atoms with E-state index in [1.165, 1.54) is 25.1 Å². The fourth-order valence-corrected chi connectivity index (χ4v) is 2.72. The van der Waals surface area contributed by atoms with Crippen molar-refractivity contribution in [3.63, 3.8) is 0 Å². The van der Waals surface area contributed by atoms with Crippen LogP contribution in [-0.2, 0) is 4.79 Å². The Hall–Kier alpha value is -4.50. The van der Waals surface area contributed by atoms with E-state index >= 15 is 0 Å². The highest BCUT2D eigenvalue weighted by Crippen LogP contribution is 2.24. The summed E-state index contributed by atoms with van der Waals surface area (Å²) in [6.45, 7) is 1.24. The van der Waals surface area contributed by atoms with Crippen LogP contribution in [-0.4, -0.2) is 17.7 Å². The quantitative estimate of drug-likeness (QED) is 0.255. The van der Waals surface area contributed by atoms with Gasteiger partial charge >= 0.3 is 11.9 Å². The van der Waals surface area contributed by atoms with Crippen molar-refractivity contribution in [1.82, 2.24) is 0 Å². The van der Waals surface area contributed by atoms with Gasteiger partial charge in [-0.2, -0.15) is 5.26 Å². The Morgan fingerprint density at radius 2 is 1.48 bits per heavy atom. The van der Waals surface area contributed by atoms with E-state index in [0.29, 0.717) is 16.7 Å². The molecular formula is C25H17NO5. The molecule has 0 saturated heterocycles. The molecule has 3 rings (SSSR count). The second-order valence-electron chi connectivity index (χ2n) is 6.40. The maximum absolute atomic E-state index is 12.7. The van der Waals surface area contributed by atoms with E-state index in [4.69, 9.17) is 14.7 Å². The van der Waals surface area contributed by atoms with Crippen LogP contribution in [0, 0.1) is 11.3 Å². The Morgan fingerprint density at radius 3 is 2.16 bits per heavy atom. The molecule has 0 bridgehead atoms. The summed E-state index contributed by atoms with van der Waals surface area (Å²) in [7, 11) is 0. The minimum absolute atomic E-state index is 0.101. The van der Waals surface area contributed by atoms with Crippen LogP contribution in [0.5, 0.6) is 11.5 Å². The van der Waals surface area contributed by atoms with E-state index in [1.807, 2.05) is 6.07 Å². The number of nitrogens with zero attached hydrogens (tertiary/aromatic N) is 1. The van der Waals surface area contributed by atoms with Crippen molar-refractivity contribution in [3.05, 3.63) is 101 Å². The number of carbonyl (C=O) groups excluding carboxylic acids is 3. The van der Waals surface area contributed by atoms with E-state index in [2.05, 4.69) is 0 Å². The van der Waals surface area contributed by atoms with Crippen LogP contribution in [0.3, 0.4) is 0 Å². The van der Waals surface area contributed by atoms with E-state index in [1.54, 1.807) is 66.7 Å². The van der Waals surface area contributed by atoms with Crippen LogP contribution in [0.1, 0.15) is 38.8 Å². The van der Waals surface area contributed by atoms with Crippen LogP contribution in [0.15, 0.2) is 78.9 Å². The summed E-state index contributed by atoms with van der Waals surface area (Å²) in [4.78, 5) is 36.3. The largest absolute Gasteiger partial charge is 0.426 e. The third-order valence-corrected chi connectivity index (χ3v) is 4.20. The molecule has 3 aromatic carbocycles. The number of esters is 2. The molecule has 0 spiro atoms. The van der Waals surface area contributed by atoms with Gasteiger partial charge < -0.3 is 9.47 Å². The second-order valence-corrected chi connectivity index (χ2v) is 6.40. The van der Waals surface area contributed by atoms with E-state index < -0.39 is 11.9 Å². The number of hydrogen-bond acceptors (Lipinski definition) is 6. The molecule has 0 aromatic heterocycles. The number of ketones is 1. The highest BCUT2D eigenvalue weighted by Gasteiger charge is 2.17. The maximum Gasteiger partial charge on any atom is 0.347 e. The molecule has 6 nitrogen and oxygen atoms in total. The zero-order chi connectivity index (χ0) is 22.2. The number of nitriles is 1. The van der Waals surface area contributed by atoms with Gasteiger partial charge in [0.05, 0.1) is 11.6 Å². The lowest BCUT2D eigenvalue weighted by atomic mass is 10.1. The fraction of sp³-hybridized carbons (Fsp3) is 0.0400. The first-order chi connectivity index (χ1) is 15.0. The average molecular weight is 411 g/mol. The van der Waals surface area contributed by atoms with Crippen molar-refractivity contribution in [3.8, 4) is 17.6 Å². The smallest absolute Gasteiger partial charge is 0.347 e. The van der Waals surface area contributed by atoms with Gasteiger partial charge in [0.2, 0.25) is 0 Å². The molecule has 0 fully saturated rings. The van der Waals surface area contributed by atoms with Crippen molar-refractivity contribution in [2.45, 2.75) is 6.92 Å². The van der Waals surface area contributed by atoms with Gasteiger partial charge in [-0.1, -0.05) is 30.3 Å². The molecule has 0 aliphatic rings. The molecule has 6 heteroatoms. The third-order valence-electron chi connectivity index (χ3n) is 4.20. The SMILES string of the molecule is CC(=O)Oc1ccccc1C(=O)Oc1ccccc1/C=C/C(=O)c1ccc(C#N)cc1. The molecule has 0 atom stereocenters. The molecule has 0 unspecified atom stereocenters. The molecule has 0 heterocycles. The predicted molar refractivity (Wildman–Crippen MR) is 114 cm³/mol. The lowest BCUT2D eigenvalue weighted by Gasteiger charge is -2.10. The molecule has 0 aliphatic heterocycles. The normalized spacial score (nSPS) is 10.3. The van der Waals surface area contributed by atoms with E-state index in [9.17, 15) is 14.4 Å². The zero-order valence-corrected chi connectivity index (χ0v) is 16.6. The summed E-state index contributed by atoms with van der Waals surface area (Å²) in [6, 6.07) is 21.3. The first kappa shape index (κ1) is 21.2. The van der Waals surface area contributed by atoms with Gasteiger partial charge in [-0.3, -0.25) is 9.59 Å². The minimum atomic E-state index is -0.698. The summed E-state index contributed by atoms with van der Waals surface area (Å²) < 4.78 is 10.6. The standard InChI is InChI=1S/C25H17NO5/c1-17(27)30-24-9-5-3-7-21(24)25(29)31-23-8-4-2-6-20(23)14-15-22(28)19-12-10-18(16-26)11-13-19/h2-15H,1H3/b15-14+. The number of hydrogen-bond donors (Lipinski definition) is 0. The van der Waals surface area contributed by atoms with Crippen LogP contribution in [0.25, 0.3) is 6.08 Å². The van der Waals surface area contributed by atoms with Gasteiger partial charge in [-0.15, -0.1) is 0 Å². The Labute approximate surface area is 179 Å². The van der Waals surface area contributed by atoms with E-state index in [-0.39, 0.29) is 22.8 Å². The lowest BCUT2D eigenvalue weighted by molar-refractivity contribution is -0.131. The number of allylic oxidation sites excluding steroid dienone is 1. The average Bonchev–Trinajstić information content (AvgIpc) is 2.78. The molecule has 3 aromatic rings. The van der Waals surface area contributed by atoms with Gasteiger partial charge in [0.25, 0.3) is 0 Å². The third kappa shape index (κ3) is 5.52.